The second-order valence-electron chi connectivity index (χ2n) is 9.92. The van der Waals surface area contributed by atoms with E-state index in [1.165, 1.54) is 22.8 Å². The Bertz CT molecular complexity index is 1850. The lowest BCUT2D eigenvalue weighted by atomic mass is 10.1. The van der Waals surface area contributed by atoms with Crippen LogP contribution in [0.4, 0.5) is 5.69 Å². The first-order valence-electron chi connectivity index (χ1n) is 13.8. The molecule has 4 aromatic carbocycles. The van der Waals surface area contributed by atoms with Crippen LogP contribution in [0.2, 0.25) is 0 Å². The van der Waals surface area contributed by atoms with Crippen LogP contribution in [0.3, 0.4) is 0 Å². The van der Waals surface area contributed by atoms with E-state index in [0.29, 0.717) is 46.7 Å². The van der Waals surface area contributed by atoms with E-state index >= 15 is 0 Å². The summed E-state index contributed by atoms with van der Waals surface area (Å²) in [5.74, 6) is 0.587. The van der Waals surface area contributed by atoms with Gasteiger partial charge in [0.05, 0.1) is 34.7 Å². The molecule has 1 unspecified atom stereocenters. The van der Waals surface area contributed by atoms with Crippen LogP contribution in [-0.4, -0.2) is 38.9 Å². The number of fused-ring (bicyclic) bond motifs is 1. The number of para-hydroxylation sites is 3. The van der Waals surface area contributed by atoms with E-state index < -0.39 is 11.0 Å². The highest BCUT2D eigenvalue weighted by atomic mass is 16.6. The van der Waals surface area contributed by atoms with Gasteiger partial charge in [-0.25, -0.2) is 4.98 Å². The number of benzene rings is 4. The molecule has 0 N–H and O–H groups in total. The van der Waals surface area contributed by atoms with Crippen LogP contribution >= 0.6 is 0 Å². The summed E-state index contributed by atoms with van der Waals surface area (Å²) in [7, 11) is 1.54. The molecular weight excluding hydrogens is 544 g/mol. The number of nitro groups is 1. The van der Waals surface area contributed by atoms with Crippen molar-refractivity contribution in [1.29, 1.82) is 0 Å². The van der Waals surface area contributed by atoms with Gasteiger partial charge in [0.2, 0.25) is 5.91 Å². The molecule has 0 saturated heterocycles. The number of methoxy groups -OCH3 is 1. The standard InChI is InChI=1S/C34H30N4O5/c1-24(33-35-29-13-7-6-12-28(29)34(40)37(33)30-14-8-9-15-31(30)43-2)36(23-22-25-10-4-3-5-11-25)32(39)21-18-26-16-19-27(20-17-26)38(41)42/h3-21,24H,22-23H2,1-2H3/b21-18+. The molecular formula is C34H30N4O5. The summed E-state index contributed by atoms with van der Waals surface area (Å²) in [6, 6.07) is 29.5. The summed E-state index contributed by atoms with van der Waals surface area (Å²) in [6.07, 6.45) is 3.64. The van der Waals surface area contributed by atoms with Gasteiger partial charge >= 0.3 is 0 Å². The van der Waals surface area contributed by atoms with Gasteiger partial charge in [0.25, 0.3) is 11.2 Å². The minimum Gasteiger partial charge on any atom is -0.495 e. The van der Waals surface area contributed by atoms with Crippen LogP contribution < -0.4 is 10.3 Å². The molecule has 0 aliphatic rings. The van der Waals surface area contributed by atoms with E-state index in [4.69, 9.17) is 9.72 Å². The number of nitro benzene ring substituents is 1. The molecule has 1 atom stereocenters. The smallest absolute Gasteiger partial charge is 0.269 e. The predicted molar refractivity (Wildman–Crippen MR) is 166 cm³/mol. The monoisotopic (exact) mass is 574 g/mol. The highest BCUT2D eigenvalue weighted by molar-refractivity contribution is 5.92. The Morgan fingerprint density at radius 2 is 1.65 bits per heavy atom. The Morgan fingerprint density at radius 3 is 2.37 bits per heavy atom. The molecule has 5 aromatic rings. The topological polar surface area (TPSA) is 108 Å². The van der Waals surface area contributed by atoms with Crippen molar-refractivity contribution >= 4 is 28.6 Å². The number of amides is 1. The number of carbonyl (C=O) groups excluding carboxylic acids is 1. The highest BCUT2D eigenvalue weighted by Crippen LogP contribution is 2.28. The summed E-state index contributed by atoms with van der Waals surface area (Å²) in [4.78, 5) is 45.0. The van der Waals surface area contributed by atoms with Crippen molar-refractivity contribution in [2.24, 2.45) is 0 Å². The third-order valence-electron chi connectivity index (χ3n) is 7.26. The summed E-state index contributed by atoms with van der Waals surface area (Å²) in [6.45, 7) is 2.20. The van der Waals surface area contributed by atoms with Crippen LogP contribution in [0.5, 0.6) is 5.75 Å². The molecule has 0 fully saturated rings. The highest BCUT2D eigenvalue weighted by Gasteiger charge is 2.27. The van der Waals surface area contributed by atoms with Gasteiger partial charge in [0, 0.05) is 24.8 Å². The molecule has 1 amide bonds. The fourth-order valence-electron chi connectivity index (χ4n) is 4.98. The van der Waals surface area contributed by atoms with Crippen LogP contribution in [0.25, 0.3) is 22.7 Å². The maximum absolute atomic E-state index is 14.0. The average molecular weight is 575 g/mol. The van der Waals surface area contributed by atoms with Gasteiger partial charge in [-0.2, -0.15) is 0 Å². The number of rotatable bonds is 10. The van der Waals surface area contributed by atoms with Crippen molar-refractivity contribution in [3.05, 3.63) is 147 Å². The Kier molecular flexibility index (Phi) is 8.71. The first-order chi connectivity index (χ1) is 20.9. The number of hydrogen-bond donors (Lipinski definition) is 0. The number of nitrogens with zero attached hydrogens (tertiary/aromatic N) is 4. The van der Waals surface area contributed by atoms with Gasteiger partial charge < -0.3 is 9.64 Å². The summed E-state index contributed by atoms with van der Waals surface area (Å²) >= 11 is 0. The van der Waals surface area contributed by atoms with Crippen molar-refractivity contribution in [3.63, 3.8) is 0 Å². The van der Waals surface area contributed by atoms with Crippen LogP contribution in [0, 0.1) is 10.1 Å². The van der Waals surface area contributed by atoms with E-state index in [2.05, 4.69) is 0 Å². The maximum atomic E-state index is 14.0. The summed E-state index contributed by atoms with van der Waals surface area (Å²) < 4.78 is 7.13. The third-order valence-corrected chi connectivity index (χ3v) is 7.26. The second kappa shape index (κ2) is 12.9. The predicted octanol–water partition coefficient (Wildman–Crippen LogP) is 6.15. The molecule has 1 heterocycles. The molecule has 43 heavy (non-hydrogen) atoms. The van der Waals surface area contributed by atoms with Crippen molar-refractivity contribution in [1.82, 2.24) is 14.5 Å². The summed E-state index contributed by atoms with van der Waals surface area (Å²) in [5.41, 5.74) is 2.45. The van der Waals surface area contributed by atoms with Crippen molar-refractivity contribution in [3.8, 4) is 11.4 Å². The molecule has 0 radical (unpaired) electrons. The zero-order valence-electron chi connectivity index (χ0n) is 23.8. The summed E-state index contributed by atoms with van der Waals surface area (Å²) in [5, 5.41) is 11.5. The molecule has 0 aliphatic carbocycles. The fourth-order valence-corrected chi connectivity index (χ4v) is 4.98. The van der Waals surface area contributed by atoms with Crippen molar-refractivity contribution in [2.75, 3.05) is 13.7 Å². The van der Waals surface area contributed by atoms with E-state index in [0.717, 1.165) is 5.56 Å². The zero-order chi connectivity index (χ0) is 30.3. The lowest BCUT2D eigenvalue weighted by molar-refractivity contribution is -0.384. The van der Waals surface area contributed by atoms with Crippen LogP contribution in [0.15, 0.2) is 114 Å². The molecule has 0 bridgehead atoms. The third kappa shape index (κ3) is 6.36. The van der Waals surface area contributed by atoms with Gasteiger partial charge in [-0.1, -0.05) is 54.6 Å². The fraction of sp³-hybridized carbons (Fsp3) is 0.147. The van der Waals surface area contributed by atoms with Crippen molar-refractivity contribution < 1.29 is 14.5 Å². The molecule has 0 aliphatic heterocycles. The van der Waals surface area contributed by atoms with Crippen molar-refractivity contribution in [2.45, 2.75) is 19.4 Å². The quantitative estimate of drug-likeness (QED) is 0.113. The normalized spacial score (nSPS) is 11.9. The minimum absolute atomic E-state index is 0.0294. The number of carbonyl (C=O) groups is 1. The van der Waals surface area contributed by atoms with Gasteiger partial charge in [-0.3, -0.25) is 24.3 Å². The Morgan fingerprint density at radius 1 is 0.977 bits per heavy atom. The number of non-ortho nitro benzene ring substituents is 1. The molecule has 9 heteroatoms. The first-order valence-corrected chi connectivity index (χ1v) is 13.8. The van der Waals surface area contributed by atoms with E-state index in [1.54, 1.807) is 60.6 Å². The zero-order valence-corrected chi connectivity index (χ0v) is 23.8. The van der Waals surface area contributed by atoms with Gasteiger partial charge in [0.1, 0.15) is 11.6 Å². The largest absolute Gasteiger partial charge is 0.495 e. The average Bonchev–Trinajstić information content (AvgIpc) is 3.04. The second-order valence-corrected chi connectivity index (χ2v) is 9.92. The molecule has 1 aromatic heterocycles. The lowest BCUT2D eigenvalue weighted by Gasteiger charge is -2.30. The number of ether oxygens (including phenoxy) is 1. The van der Waals surface area contributed by atoms with Gasteiger partial charge in [-0.05, 0) is 66.9 Å². The SMILES string of the molecule is COc1ccccc1-n1c(C(C)N(CCc2ccccc2)C(=O)/C=C/c2ccc([N+](=O)[O-])cc2)nc2ccccc2c1=O. The molecule has 5 rings (SSSR count). The maximum Gasteiger partial charge on any atom is 0.269 e. The van der Waals surface area contributed by atoms with E-state index in [-0.39, 0.29) is 17.2 Å². The molecule has 0 spiro atoms. The number of hydrogen-bond acceptors (Lipinski definition) is 6. The Balaban J connectivity index is 1.59. The molecule has 0 saturated carbocycles. The van der Waals surface area contributed by atoms with Crippen LogP contribution in [0.1, 0.15) is 29.9 Å². The van der Waals surface area contributed by atoms with E-state index in [1.807, 2.05) is 55.5 Å². The Hall–Kier alpha value is -5.57. The van der Waals surface area contributed by atoms with Crippen LogP contribution in [-0.2, 0) is 11.2 Å². The first kappa shape index (κ1) is 28.9. The Labute approximate surface area is 248 Å². The van der Waals surface area contributed by atoms with Gasteiger partial charge in [-0.15, -0.1) is 0 Å². The minimum atomic E-state index is -0.625. The molecule has 216 valence electrons. The lowest BCUT2D eigenvalue weighted by Crippen LogP contribution is -2.38. The number of aromatic nitrogens is 2. The van der Waals surface area contributed by atoms with E-state index in [9.17, 15) is 19.7 Å². The molecule has 9 nitrogen and oxygen atoms in total. The van der Waals surface area contributed by atoms with Gasteiger partial charge in [0.15, 0.2) is 0 Å².